The summed E-state index contributed by atoms with van der Waals surface area (Å²) in [5.41, 5.74) is 6.20. The third kappa shape index (κ3) is 4.92. The van der Waals surface area contributed by atoms with E-state index in [4.69, 9.17) is 0 Å². The van der Waals surface area contributed by atoms with Crippen LogP contribution in [0.2, 0.25) is 0 Å². The number of aryl methyl sites for hydroxylation is 1. The van der Waals surface area contributed by atoms with Crippen LogP contribution in [0.15, 0.2) is 60.7 Å². The first-order valence-electron chi connectivity index (χ1n) is 13.3. The molecule has 2 aliphatic carbocycles. The zero-order chi connectivity index (χ0) is 23.5. The molecule has 0 amide bonds. The summed E-state index contributed by atoms with van der Waals surface area (Å²) in [5.74, 6) is 2.52. The van der Waals surface area contributed by atoms with E-state index in [0.717, 1.165) is 34.9 Å². The number of benzene rings is 3. The summed E-state index contributed by atoms with van der Waals surface area (Å²) in [5, 5.41) is 9.60. The van der Waals surface area contributed by atoms with Crippen LogP contribution in [0.3, 0.4) is 0 Å². The lowest BCUT2D eigenvalue weighted by Crippen LogP contribution is -2.23. The Morgan fingerprint density at radius 2 is 1.35 bits per heavy atom. The molecule has 0 radical (unpaired) electrons. The van der Waals surface area contributed by atoms with Gasteiger partial charge in [-0.3, -0.25) is 0 Å². The molecule has 1 nitrogen and oxygen atoms in total. The summed E-state index contributed by atoms with van der Waals surface area (Å²) in [6, 6.07) is 19.5. The minimum atomic E-state index is -0.105. The Hall–Kier alpha value is -2.61. The van der Waals surface area contributed by atoms with Crippen molar-refractivity contribution < 1.29 is 9.50 Å². The molecule has 0 aromatic heterocycles. The van der Waals surface area contributed by atoms with E-state index in [2.05, 4.69) is 25.1 Å². The molecular formula is C32H37FO. The van der Waals surface area contributed by atoms with E-state index in [0.29, 0.717) is 11.5 Å². The van der Waals surface area contributed by atoms with Crippen LogP contribution in [-0.2, 0) is 6.42 Å². The van der Waals surface area contributed by atoms with Crippen LogP contribution in [0.4, 0.5) is 4.39 Å². The highest BCUT2D eigenvalue weighted by molar-refractivity contribution is 5.74. The Bertz CT molecular complexity index is 1100. The summed E-state index contributed by atoms with van der Waals surface area (Å²) in [4.78, 5) is 0. The van der Waals surface area contributed by atoms with Gasteiger partial charge in [0.2, 0.25) is 0 Å². The molecule has 3 aromatic rings. The maximum Gasteiger partial charge on any atom is 0.131 e. The Labute approximate surface area is 204 Å². The summed E-state index contributed by atoms with van der Waals surface area (Å²) in [7, 11) is 0. The number of aromatic hydroxyl groups is 1. The molecule has 3 aromatic carbocycles. The molecule has 2 saturated carbocycles. The summed E-state index contributed by atoms with van der Waals surface area (Å²) < 4.78 is 15.3. The van der Waals surface area contributed by atoms with Gasteiger partial charge in [0.15, 0.2) is 0 Å². The molecule has 0 spiro atoms. The van der Waals surface area contributed by atoms with Crippen LogP contribution in [0, 0.1) is 17.7 Å². The maximum atomic E-state index is 15.3. The standard InChI is InChI=1S/C32H37FO/c1-2-22-20-28(15-18-30(22)26-12-16-29(34)17-13-26)31-19-14-27(21-32(31)33)25-10-8-24(9-11-25)23-6-4-3-5-7-23/h12-21,23-25,34H,2-11H2,1H3. The zero-order valence-electron chi connectivity index (χ0n) is 20.4. The fourth-order valence-corrected chi connectivity index (χ4v) is 6.53. The first kappa shape index (κ1) is 23.1. The van der Waals surface area contributed by atoms with Gasteiger partial charge in [0.25, 0.3) is 0 Å². The molecule has 2 fully saturated rings. The van der Waals surface area contributed by atoms with Gasteiger partial charge in [-0.15, -0.1) is 0 Å². The van der Waals surface area contributed by atoms with Crippen molar-refractivity contribution in [3.63, 3.8) is 0 Å². The lowest BCUT2D eigenvalue weighted by atomic mass is 9.70. The van der Waals surface area contributed by atoms with Crippen molar-refractivity contribution in [2.75, 3.05) is 0 Å². The molecule has 0 bridgehead atoms. The Morgan fingerprint density at radius 1 is 0.706 bits per heavy atom. The second kappa shape index (κ2) is 10.3. The van der Waals surface area contributed by atoms with Crippen molar-refractivity contribution in [2.24, 2.45) is 11.8 Å². The molecule has 2 aliphatic rings. The maximum absolute atomic E-state index is 15.3. The van der Waals surface area contributed by atoms with Crippen LogP contribution in [0.1, 0.15) is 81.8 Å². The summed E-state index contributed by atoms with van der Waals surface area (Å²) in [6.07, 6.45) is 13.1. The van der Waals surface area contributed by atoms with Crippen molar-refractivity contribution in [2.45, 2.75) is 77.0 Å². The molecule has 1 N–H and O–H groups in total. The van der Waals surface area contributed by atoms with Gasteiger partial charge in [0, 0.05) is 5.56 Å². The highest BCUT2D eigenvalue weighted by Gasteiger charge is 2.29. The van der Waals surface area contributed by atoms with Crippen LogP contribution in [0.25, 0.3) is 22.3 Å². The Morgan fingerprint density at radius 3 is 2.03 bits per heavy atom. The van der Waals surface area contributed by atoms with E-state index in [1.54, 1.807) is 18.2 Å². The molecule has 5 rings (SSSR count). The van der Waals surface area contributed by atoms with Gasteiger partial charge in [-0.05, 0) is 95.9 Å². The summed E-state index contributed by atoms with van der Waals surface area (Å²) in [6.45, 7) is 2.13. The topological polar surface area (TPSA) is 20.2 Å². The number of rotatable bonds is 5. The average Bonchev–Trinajstić information content (AvgIpc) is 2.89. The van der Waals surface area contributed by atoms with E-state index in [1.165, 1.54) is 68.9 Å². The van der Waals surface area contributed by atoms with Crippen molar-refractivity contribution >= 4 is 0 Å². The lowest BCUT2D eigenvalue weighted by molar-refractivity contribution is 0.186. The van der Waals surface area contributed by atoms with E-state index in [1.807, 2.05) is 24.3 Å². The third-order valence-corrected chi connectivity index (χ3v) is 8.53. The van der Waals surface area contributed by atoms with Crippen LogP contribution in [0.5, 0.6) is 5.75 Å². The highest BCUT2D eigenvalue weighted by atomic mass is 19.1. The third-order valence-electron chi connectivity index (χ3n) is 8.53. The van der Waals surface area contributed by atoms with Gasteiger partial charge in [-0.1, -0.05) is 81.5 Å². The lowest BCUT2D eigenvalue weighted by Gasteiger charge is -2.36. The molecule has 178 valence electrons. The first-order valence-corrected chi connectivity index (χ1v) is 13.3. The number of phenolic OH excluding ortho intramolecular Hbond substituents is 1. The monoisotopic (exact) mass is 456 g/mol. The first-order chi connectivity index (χ1) is 16.6. The number of hydrogen-bond donors (Lipinski definition) is 1. The van der Waals surface area contributed by atoms with E-state index >= 15 is 4.39 Å². The van der Waals surface area contributed by atoms with Gasteiger partial charge in [0.1, 0.15) is 11.6 Å². The van der Waals surface area contributed by atoms with Crippen molar-refractivity contribution in [1.82, 2.24) is 0 Å². The molecule has 0 heterocycles. The quantitative estimate of drug-likeness (QED) is 0.405. The smallest absolute Gasteiger partial charge is 0.131 e. The second-order valence-electron chi connectivity index (χ2n) is 10.5. The van der Waals surface area contributed by atoms with Gasteiger partial charge in [-0.2, -0.15) is 0 Å². The zero-order valence-corrected chi connectivity index (χ0v) is 20.4. The van der Waals surface area contributed by atoms with E-state index in [9.17, 15) is 5.11 Å². The normalized spacial score (nSPS) is 21.5. The minimum Gasteiger partial charge on any atom is -0.508 e. The second-order valence-corrected chi connectivity index (χ2v) is 10.5. The molecule has 2 heteroatoms. The van der Waals surface area contributed by atoms with Gasteiger partial charge < -0.3 is 5.11 Å². The Balaban J connectivity index is 1.31. The predicted molar refractivity (Wildman–Crippen MR) is 140 cm³/mol. The van der Waals surface area contributed by atoms with Gasteiger partial charge in [-0.25, -0.2) is 4.39 Å². The van der Waals surface area contributed by atoms with Crippen molar-refractivity contribution in [3.05, 3.63) is 77.6 Å². The number of phenols is 1. The highest BCUT2D eigenvalue weighted by Crippen LogP contribution is 2.43. The van der Waals surface area contributed by atoms with Crippen molar-refractivity contribution in [1.29, 1.82) is 0 Å². The summed E-state index contributed by atoms with van der Waals surface area (Å²) >= 11 is 0. The minimum absolute atomic E-state index is 0.105. The molecule has 0 atom stereocenters. The van der Waals surface area contributed by atoms with Crippen LogP contribution in [-0.4, -0.2) is 5.11 Å². The number of hydrogen-bond acceptors (Lipinski definition) is 1. The van der Waals surface area contributed by atoms with Gasteiger partial charge in [0.05, 0.1) is 0 Å². The molecule has 0 unspecified atom stereocenters. The van der Waals surface area contributed by atoms with Crippen molar-refractivity contribution in [3.8, 4) is 28.0 Å². The fraction of sp³-hybridized carbons (Fsp3) is 0.438. The molecule has 0 saturated heterocycles. The fourth-order valence-electron chi connectivity index (χ4n) is 6.53. The SMILES string of the molecule is CCc1cc(-c2ccc(C3CCC(C4CCCCC4)CC3)cc2F)ccc1-c1ccc(O)cc1. The molecular weight excluding hydrogens is 419 g/mol. The van der Waals surface area contributed by atoms with E-state index in [-0.39, 0.29) is 11.6 Å². The van der Waals surface area contributed by atoms with Crippen LogP contribution < -0.4 is 0 Å². The van der Waals surface area contributed by atoms with Crippen LogP contribution >= 0.6 is 0 Å². The Kier molecular flexibility index (Phi) is 7.04. The predicted octanol–water partition coefficient (Wildman–Crippen LogP) is 9.28. The number of halogens is 1. The molecule has 34 heavy (non-hydrogen) atoms. The largest absolute Gasteiger partial charge is 0.508 e. The average molecular weight is 457 g/mol. The van der Waals surface area contributed by atoms with E-state index < -0.39 is 0 Å². The molecule has 0 aliphatic heterocycles. The van der Waals surface area contributed by atoms with Gasteiger partial charge >= 0.3 is 0 Å².